The molecule has 1 atom stereocenters. The van der Waals surface area contributed by atoms with Gasteiger partial charge in [0.15, 0.2) is 0 Å². The van der Waals surface area contributed by atoms with E-state index in [0.717, 1.165) is 11.4 Å². The van der Waals surface area contributed by atoms with E-state index in [1.807, 2.05) is 36.2 Å². The van der Waals surface area contributed by atoms with Gasteiger partial charge in [-0.3, -0.25) is 0 Å². The molecule has 0 saturated heterocycles. The number of methoxy groups -OCH3 is 1. The number of hydrogen-bond donors (Lipinski definition) is 2. The number of ether oxygens (including phenoxy) is 1. The van der Waals surface area contributed by atoms with Crippen LogP contribution in [0.25, 0.3) is 0 Å². The quantitative estimate of drug-likeness (QED) is 0.741. The van der Waals surface area contributed by atoms with Gasteiger partial charge in [-0.25, -0.2) is 0 Å². The second-order valence-electron chi connectivity index (χ2n) is 3.38. The zero-order chi connectivity index (χ0) is 11.3. The van der Waals surface area contributed by atoms with Crippen LogP contribution < -0.4 is 15.4 Å². The molecule has 0 aliphatic carbocycles. The summed E-state index contributed by atoms with van der Waals surface area (Å²) < 4.78 is 5.13. The van der Waals surface area contributed by atoms with Crippen molar-refractivity contribution in [3.63, 3.8) is 0 Å². The Labute approximate surface area is 90.3 Å². The van der Waals surface area contributed by atoms with E-state index in [1.54, 1.807) is 7.11 Å². The molecule has 1 aromatic carbocycles. The fourth-order valence-electron chi connectivity index (χ4n) is 1.40. The number of hydrogen-bond acceptors (Lipinski definition) is 4. The normalized spacial score (nSPS) is 12.3. The van der Waals surface area contributed by atoms with Crippen LogP contribution in [-0.4, -0.2) is 38.5 Å². The molecule has 4 nitrogen and oxygen atoms in total. The minimum Gasteiger partial charge on any atom is -0.497 e. The Bertz CT molecular complexity index is 300. The van der Waals surface area contributed by atoms with E-state index in [-0.39, 0.29) is 12.6 Å². The summed E-state index contributed by atoms with van der Waals surface area (Å²) in [6.07, 6.45) is 0. The molecule has 0 aromatic heterocycles. The Kier molecular flexibility index (Phi) is 4.39. The van der Waals surface area contributed by atoms with Gasteiger partial charge in [-0.1, -0.05) is 6.07 Å². The summed E-state index contributed by atoms with van der Waals surface area (Å²) in [5, 5.41) is 9.13. The van der Waals surface area contributed by atoms with E-state index >= 15 is 0 Å². The Hall–Kier alpha value is -1.26. The van der Waals surface area contributed by atoms with Crippen LogP contribution in [0.15, 0.2) is 24.3 Å². The third-order valence-corrected chi connectivity index (χ3v) is 2.49. The smallest absolute Gasteiger partial charge is 0.120 e. The van der Waals surface area contributed by atoms with Crippen molar-refractivity contribution in [1.82, 2.24) is 0 Å². The molecular weight excluding hydrogens is 192 g/mol. The van der Waals surface area contributed by atoms with Crippen LogP contribution in [0.4, 0.5) is 5.69 Å². The summed E-state index contributed by atoms with van der Waals surface area (Å²) in [4.78, 5) is 1.95. The summed E-state index contributed by atoms with van der Waals surface area (Å²) >= 11 is 0. The zero-order valence-electron chi connectivity index (χ0n) is 9.18. The molecule has 3 N–H and O–H groups in total. The van der Waals surface area contributed by atoms with Gasteiger partial charge < -0.3 is 20.5 Å². The number of benzene rings is 1. The van der Waals surface area contributed by atoms with Gasteiger partial charge in [0.1, 0.15) is 5.75 Å². The van der Waals surface area contributed by atoms with Crippen LogP contribution in [0.1, 0.15) is 0 Å². The maximum absolute atomic E-state index is 9.13. The lowest BCUT2D eigenvalue weighted by Gasteiger charge is -2.27. The fourth-order valence-corrected chi connectivity index (χ4v) is 1.40. The Morgan fingerprint density at radius 1 is 1.53 bits per heavy atom. The summed E-state index contributed by atoms with van der Waals surface area (Å²) in [6.45, 7) is 0.467. The number of aliphatic hydroxyl groups is 1. The number of nitrogens with two attached hydrogens (primary N) is 1. The average Bonchev–Trinajstić information content (AvgIpc) is 2.30. The van der Waals surface area contributed by atoms with Crippen molar-refractivity contribution in [3.05, 3.63) is 24.3 Å². The number of aliphatic hydroxyl groups excluding tert-OH is 1. The third-order valence-electron chi connectivity index (χ3n) is 2.49. The van der Waals surface area contributed by atoms with Crippen molar-refractivity contribution in [2.24, 2.45) is 5.73 Å². The van der Waals surface area contributed by atoms with Gasteiger partial charge in [-0.05, 0) is 12.1 Å². The minimum atomic E-state index is -0.0582. The Morgan fingerprint density at radius 2 is 2.27 bits per heavy atom. The molecular formula is C11H18N2O2. The molecule has 1 rings (SSSR count). The SMILES string of the molecule is COc1cccc(N(C)C(CN)CO)c1. The van der Waals surface area contributed by atoms with Crippen LogP contribution in [0, 0.1) is 0 Å². The number of rotatable bonds is 5. The van der Waals surface area contributed by atoms with Crippen molar-refractivity contribution in [2.75, 3.05) is 32.2 Å². The number of likely N-dealkylation sites (N-methyl/N-ethyl adjacent to an activating group) is 1. The summed E-state index contributed by atoms with van der Waals surface area (Å²) in [6, 6.07) is 7.61. The molecule has 4 heteroatoms. The van der Waals surface area contributed by atoms with Crippen LogP contribution in [-0.2, 0) is 0 Å². The molecule has 1 unspecified atom stereocenters. The molecule has 0 amide bonds. The molecule has 0 fully saturated rings. The zero-order valence-corrected chi connectivity index (χ0v) is 9.18. The number of nitrogens with zero attached hydrogens (tertiary/aromatic N) is 1. The lowest BCUT2D eigenvalue weighted by Crippen LogP contribution is -2.40. The molecule has 15 heavy (non-hydrogen) atoms. The predicted molar refractivity (Wildman–Crippen MR) is 61.3 cm³/mol. The highest BCUT2D eigenvalue weighted by molar-refractivity contribution is 5.51. The van der Waals surface area contributed by atoms with E-state index < -0.39 is 0 Å². The van der Waals surface area contributed by atoms with Gasteiger partial charge in [-0.2, -0.15) is 0 Å². The van der Waals surface area contributed by atoms with Crippen LogP contribution in [0.5, 0.6) is 5.75 Å². The monoisotopic (exact) mass is 210 g/mol. The Balaban J connectivity index is 2.84. The first-order valence-corrected chi connectivity index (χ1v) is 4.90. The highest BCUT2D eigenvalue weighted by atomic mass is 16.5. The van der Waals surface area contributed by atoms with E-state index in [9.17, 15) is 0 Å². The average molecular weight is 210 g/mol. The Morgan fingerprint density at radius 3 is 2.80 bits per heavy atom. The molecule has 0 bridgehead atoms. The van der Waals surface area contributed by atoms with Gasteiger partial charge in [0, 0.05) is 25.3 Å². The molecule has 0 saturated carbocycles. The lowest BCUT2D eigenvalue weighted by molar-refractivity contribution is 0.265. The largest absolute Gasteiger partial charge is 0.497 e. The maximum Gasteiger partial charge on any atom is 0.120 e. The minimum absolute atomic E-state index is 0.0458. The highest BCUT2D eigenvalue weighted by Gasteiger charge is 2.12. The lowest BCUT2D eigenvalue weighted by atomic mass is 10.2. The second kappa shape index (κ2) is 5.58. The van der Waals surface area contributed by atoms with Crippen molar-refractivity contribution in [2.45, 2.75) is 6.04 Å². The van der Waals surface area contributed by atoms with Gasteiger partial charge in [0.2, 0.25) is 0 Å². The van der Waals surface area contributed by atoms with Gasteiger partial charge in [0.25, 0.3) is 0 Å². The summed E-state index contributed by atoms with van der Waals surface area (Å²) in [5.41, 5.74) is 6.54. The molecule has 84 valence electrons. The van der Waals surface area contributed by atoms with E-state index in [0.29, 0.717) is 6.54 Å². The predicted octanol–water partition coefficient (Wildman–Crippen LogP) is 0.451. The third kappa shape index (κ3) is 2.84. The van der Waals surface area contributed by atoms with Crippen molar-refractivity contribution in [1.29, 1.82) is 0 Å². The molecule has 0 heterocycles. The molecule has 1 aromatic rings. The van der Waals surface area contributed by atoms with E-state index in [2.05, 4.69) is 0 Å². The molecule has 0 spiro atoms. The summed E-state index contributed by atoms with van der Waals surface area (Å²) in [5.74, 6) is 0.799. The van der Waals surface area contributed by atoms with Crippen LogP contribution in [0.2, 0.25) is 0 Å². The second-order valence-corrected chi connectivity index (χ2v) is 3.38. The topological polar surface area (TPSA) is 58.7 Å². The number of anilines is 1. The highest BCUT2D eigenvalue weighted by Crippen LogP contribution is 2.21. The molecule has 0 radical (unpaired) electrons. The van der Waals surface area contributed by atoms with Crippen LogP contribution >= 0.6 is 0 Å². The summed E-state index contributed by atoms with van der Waals surface area (Å²) in [7, 11) is 3.54. The standard InChI is InChI=1S/C11H18N2O2/c1-13(10(7-12)8-14)9-4-3-5-11(6-9)15-2/h3-6,10,14H,7-8,12H2,1-2H3. The van der Waals surface area contributed by atoms with Gasteiger partial charge >= 0.3 is 0 Å². The first kappa shape index (κ1) is 11.8. The first-order chi connectivity index (χ1) is 7.22. The van der Waals surface area contributed by atoms with Crippen molar-refractivity contribution < 1.29 is 9.84 Å². The fraction of sp³-hybridized carbons (Fsp3) is 0.455. The van der Waals surface area contributed by atoms with E-state index in [1.165, 1.54) is 0 Å². The van der Waals surface area contributed by atoms with Gasteiger partial charge in [0.05, 0.1) is 19.8 Å². The molecule has 0 aliphatic rings. The molecule has 0 aliphatic heterocycles. The van der Waals surface area contributed by atoms with Gasteiger partial charge in [-0.15, -0.1) is 0 Å². The van der Waals surface area contributed by atoms with Crippen LogP contribution in [0.3, 0.4) is 0 Å². The maximum atomic E-state index is 9.13. The van der Waals surface area contributed by atoms with Crippen molar-refractivity contribution >= 4 is 5.69 Å². The van der Waals surface area contributed by atoms with E-state index in [4.69, 9.17) is 15.6 Å². The van der Waals surface area contributed by atoms with Crippen molar-refractivity contribution in [3.8, 4) is 5.75 Å². The first-order valence-electron chi connectivity index (χ1n) is 4.90.